The van der Waals surface area contributed by atoms with Gasteiger partial charge in [-0.25, -0.2) is 0 Å². The number of nitriles is 1. The van der Waals surface area contributed by atoms with Crippen molar-refractivity contribution in [3.05, 3.63) is 5.56 Å². The Morgan fingerprint density at radius 3 is 2.74 bits per heavy atom. The SMILES string of the molecule is CC(C)CC1(CNc2snc(N)c2C#N)CCCC1. The summed E-state index contributed by atoms with van der Waals surface area (Å²) in [7, 11) is 0. The third-order valence-electron chi connectivity index (χ3n) is 3.96. The van der Waals surface area contributed by atoms with E-state index in [0.717, 1.165) is 11.5 Å². The molecule has 0 spiro atoms. The van der Waals surface area contributed by atoms with E-state index in [-0.39, 0.29) is 0 Å². The fourth-order valence-electron chi connectivity index (χ4n) is 3.24. The van der Waals surface area contributed by atoms with Crippen molar-refractivity contribution in [3.8, 4) is 6.07 Å². The predicted molar refractivity (Wildman–Crippen MR) is 80.1 cm³/mol. The molecule has 1 aromatic heterocycles. The van der Waals surface area contributed by atoms with Gasteiger partial charge in [0.1, 0.15) is 16.6 Å². The molecule has 1 aliphatic rings. The highest BCUT2D eigenvalue weighted by Crippen LogP contribution is 2.43. The van der Waals surface area contributed by atoms with Gasteiger partial charge >= 0.3 is 0 Å². The van der Waals surface area contributed by atoms with Gasteiger partial charge in [0.2, 0.25) is 0 Å². The third kappa shape index (κ3) is 3.19. The molecule has 0 atom stereocenters. The van der Waals surface area contributed by atoms with Crippen LogP contribution in [0.5, 0.6) is 0 Å². The number of rotatable bonds is 5. The molecule has 4 nitrogen and oxygen atoms in total. The van der Waals surface area contributed by atoms with Gasteiger partial charge in [-0.2, -0.15) is 9.64 Å². The number of hydrogen-bond donors (Lipinski definition) is 2. The van der Waals surface area contributed by atoms with Crippen molar-refractivity contribution in [2.75, 3.05) is 17.6 Å². The second-order valence-electron chi connectivity index (χ2n) is 6.04. The molecule has 0 unspecified atom stereocenters. The molecular formula is C14H22N4S. The largest absolute Gasteiger partial charge is 0.382 e. The highest BCUT2D eigenvalue weighted by Gasteiger charge is 2.34. The molecule has 1 heterocycles. The van der Waals surface area contributed by atoms with Gasteiger partial charge in [0, 0.05) is 6.54 Å². The van der Waals surface area contributed by atoms with Gasteiger partial charge in [-0.1, -0.05) is 26.7 Å². The first kappa shape index (κ1) is 14.1. The van der Waals surface area contributed by atoms with Gasteiger partial charge in [-0.15, -0.1) is 0 Å². The zero-order chi connectivity index (χ0) is 13.9. The molecule has 3 N–H and O–H groups in total. The first-order valence-electron chi connectivity index (χ1n) is 6.95. The van der Waals surface area contributed by atoms with Crippen molar-refractivity contribution >= 4 is 22.4 Å². The summed E-state index contributed by atoms with van der Waals surface area (Å²) < 4.78 is 4.05. The number of nitrogens with zero attached hydrogens (tertiary/aromatic N) is 2. The lowest BCUT2D eigenvalue weighted by molar-refractivity contribution is 0.252. The van der Waals surface area contributed by atoms with Crippen LogP contribution in [0, 0.1) is 22.7 Å². The zero-order valence-corrected chi connectivity index (χ0v) is 12.5. The lowest BCUT2D eigenvalue weighted by Gasteiger charge is -2.31. The van der Waals surface area contributed by atoms with E-state index >= 15 is 0 Å². The molecule has 1 aromatic rings. The van der Waals surface area contributed by atoms with Crippen molar-refractivity contribution in [3.63, 3.8) is 0 Å². The summed E-state index contributed by atoms with van der Waals surface area (Å²) in [6.45, 7) is 5.50. The van der Waals surface area contributed by atoms with Gasteiger partial charge in [-0.05, 0) is 42.1 Å². The minimum Gasteiger partial charge on any atom is -0.382 e. The first-order valence-corrected chi connectivity index (χ1v) is 7.73. The van der Waals surface area contributed by atoms with Crippen LogP contribution in [-0.2, 0) is 0 Å². The Balaban J connectivity index is 2.05. The van der Waals surface area contributed by atoms with Gasteiger partial charge in [0.25, 0.3) is 0 Å². The number of hydrogen-bond acceptors (Lipinski definition) is 5. The molecule has 5 heteroatoms. The number of nitrogens with two attached hydrogens (primary N) is 1. The van der Waals surface area contributed by atoms with E-state index < -0.39 is 0 Å². The lowest BCUT2D eigenvalue weighted by Crippen LogP contribution is -2.28. The monoisotopic (exact) mass is 278 g/mol. The minimum absolute atomic E-state index is 0.347. The molecule has 0 radical (unpaired) electrons. The second-order valence-corrected chi connectivity index (χ2v) is 6.82. The van der Waals surface area contributed by atoms with Crippen molar-refractivity contribution in [1.29, 1.82) is 5.26 Å². The zero-order valence-electron chi connectivity index (χ0n) is 11.7. The molecule has 2 rings (SSSR count). The second kappa shape index (κ2) is 5.79. The van der Waals surface area contributed by atoms with Crippen LogP contribution < -0.4 is 11.1 Å². The van der Waals surface area contributed by atoms with Crippen LogP contribution in [-0.4, -0.2) is 10.9 Å². The quantitative estimate of drug-likeness (QED) is 0.862. The Morgan fingerprint density at radius 2 is 2.16 bits per heavy atom. The summed E-state index contributed by atoms with van der Waals surface area (Å²) in [5.74, 6) is 1.06. The van der Waals surface area contributed by atoms with Crippen LogP contribution in [0.25, 0.3) is 0 Å². The van der Waals surface area contributed by atoms with Crippen LogP contribution in [0.1, 0.15) is 51.5 Å². The van der Waals surface area contributed by atoms with Crippen molar-refractivity contribution in [1.82, 2.24) is 4.37 Å². The normalized spacial score (nSPS) is 17.6. The fraction of sp³-hybridized carbons (Fsp3) is 0.714. The third-order valence-corrected chi connectivity index (χ3v) is 4.78. The number of aromatic nitrogens is 1. The molecule has 0 bridgehead atoms. The summed E-state index contributed by atoms with van der Waals surface area (Å²) in [5.41, 5.74) is 6.58. The van der Waals surface area contributed by atoms with E-state index in [1.54, 1.807) is 0 Å². The maximum atomic E-state index is 9.09. The molecular weight excluding hydrogens is 256 g/mol. The summed E-state index contributed by atoms with van der Waals surface area (Å²) in [6, 6.07) is 2.13. The maximum absolute atomic E-state index is 9.09. The minimum atomic E-state index is 0.347. The Labute approximate surface area is 119 Å². The molecule has 1 fully saturated rings. The first-order chi connectivity index (χ1) is 9.06. The summed E-state index contributed by atoms with van der Waals surface area (Å²) >= 11 is 1.29. The number of nitrogen functional groups attached to an aromatic ring is 1. The van der Waals surface area contributed by atoms with E-state index in [2.05, 4.69) is 29.6 Å². The highest BCUT2D eigenvalue weighted by atomic mass is 32.1. The maximum Gasteiger partial charge on any atom is 0.157 e. The smallest absolute Gasteiger partial charge is 0.157 e. The van der Waals surface area contributed by atoms with Gasteiger partial charge in [0.15, 0.2) is 5.82 Å². The van der Waals surface area contributed by atoms with Crippen LogP contribution in [0.2, 0.25) is 0 Å². The van der Waals surface area contributed by atoms with Crippen molar-refractivity contribution < 1.29 is 0 Å². The van der Waals surface area contributed by atoms with Crippen molar-refractivity contribution in [2.45, 2.75) is 46.0 Å². The van der Waals surface area contributed by atoms with Crippen LogP contribution in [0.15, 0.2) is 0 Å². The molecule has 0 amide bonds. The standard InChI is InChI=1S/C14H22N4S/c1-10(2)7-14(5-3-4-6-14)9-17-13-11(8-15)12(16)18-19-13/h10,17H,3-7,9H2,1-2H3,(H2,16,18). The van der Waals surface area contributed by atoms with Gasteiger partial charge in [0.05, 0.1) is 0 Å². The molecule has 1 aliphatic carbocycles. The molecule has 0 aromatic carbocycles. The molecule has 0 aliphatic heterocycles. The van der Waals surface area contributed by atoms with E-state index in [1.807, 2.05) is 0 Å². The topological polar surface area (TPSA) is 74.7 Å². The fourth-order valence-corrected chi connectivity index (χ4v) is 3.90. The molecule has 104 valence electrons. The lowest BCUT2D eigenvalue weighted by atomic mass is 9.78. The van der Waals surface area contributed by atoms with E-state index in [4.69, 9.17) is 11.0 Å². The number of anilines is 2. The van der Waals surface area contributed by atoms with Gasteiger partial charge < -0.3 is 11.1 Å². The van der Waals surface area contributed by atoms with E-state index in [0.29, 0.717) is 22.7 Å². The molecule has 19 heavy (non-hydrogen) atoms. The molecule has 1 saturated carbocycles. The molecule has 0 saturated heterocycles. The van der Waals surface area contributed by atoms with E-state index in [9.17, 15) is 0 Å². The van der Waals surface area contributed by atoms with Crippen molar-refractivity contribution in [2.24, 2.45) is 11.3 Å². The van der Waals surface area contributed by atoms with Gasteiger partial charge in [-0.3, -0.25) is 0 Å². The van der Waals surface area contributed by atoms with Crippen LogP contribution in [0.4, 0.5) is 10.8 Å². The highest BCUT2D eigenvalue weighted by molar-refractivity contribution is 7.10. The summed E-state index contributed by atoms with van der Waals surface area (Å²) in [4.78, 5) is 0. The Kier molecular flexibility index (Phi) is 4.31. The average Bonchev–Trinajstić information content (AvgIpc) is 2.93. The van der Waals surface area contributed by atoms with Crippen LogP contribution in [0.3, 0.4) is 0 Å². The van der Waals surface area contributed by atoms with E-state index in [1.165, 1.54) is 43.6 Å². The Bertz CT molecular complexity index is 466. The van der Waals surface area contributed by atoms with Crippen LogP contribution >= 0.6 is 11.5 Å². The predicted octanol–water partition coefficient (Wildman–Crippen LogP) is 3.62. The summed E-state index contributed by atoms with van der Waals surface area (Å²) in [6.07, 6.45) is 6.47. The number of nitrogens with one attached hydrogen (secondary N) is 1. The average molecular weight is 278 g/mol. The Morgan fingerprint density at radius 1 is 1.47 bits per heavy atom. The summed E-state index contributed by atoms with van der Waals surface area (Å²) in [5, 5.41) is 13.3. The Hall–Kier alpha value is -1.28.